The zero-order valence-electron chi connectivity index (χ0n) is 14.4. The van der Waals surface area contributed by atoms with Crippen LogP contribution in [0, 0.1) is 6.92 Å². The second-order valence-electron chi connectivity index (χ2n) is 6.14. The second kappa shape index (κ2) is 7.60. The number of amides is 2. The van der Waals surface area contributed by atoms with Crippen molar-refractivity contribution in [1.82, 2.24) is 15.5 Å². The summed E-state index contributed by atoms with van der Waals surface area (Å²) in [6.45, 7) is 3.40. The zero-order chi connectivity index (χ0) is 17.8. The highest BCUT2D eigenvalue weighted by Gasteiger charge is 2.25. The van der Waals surface area contributed by atoms with Crippen molar-refractivity contribution in [1.29, 1.82) is 0 Å². The van der Waals surface area contributed by atoms with Crippen molar-refractivity contribution in [3.63, 3.8) is 0 Å². The number of carbonyl (C=O) groups is 2. The van der Waals surface area contributed by atoms with E-state index in [1.807, 2.05) is 31.2 Å². The van der Waals surface area contributed by atoms with Crippen molar-refractivity contribution in [2.24, 2.45) is 0 Å². The summed E-state index contributed by atoms with van der Waals surface area (Å²) < 4.78 is 0. The molecule has 1 aromatic carbocycles. The summed E-state index contributed by atoms with van der Waals surface area (Å²) in [4.78, 5) is 27.3. The van der Waals surface area contributed by atoms with Gasteiger partial charge < -0.3 is 10.2 Å². The summed E-state index contributed by atoms with van der Waals surface area (Å²) in [6.07, 6.45) is 1.41. The molecule has 1 fully saturated rings. The van der Waals surface area contributed by atoms with Gasteiger partial charge in [-0.25, -0.2) is 0 Å². The second-order valence-corrected chi connectivity index (χ2v) is 7.07. The Kier molecular flexibility index (Phi) is 5.28. The van der Waals surface area contributed by atoms with Crippen LogP contribution in [0.2, 0.25) is 0 Å². The first-order chi connectivity index (χ1) is 12.0. The lowest BCUT2D eigenvalue weighted by atomic mass is 10.1. The highest BCUT2D eigenvalue weighted by atomic mass is 32.1. The Balaban J connectivity index is 1.53. The molecule has 0 spiro atoms. The minimum absolute atomic E-state index is 0.0845. The zero-order valence-corrected chi connectivity index (χ0v) is 15.2. The van der Waals surface area contributed by atoms with Crippen molar-refractivity contribution in [3.05, 3.63) is 35.4 Å². The molecule has 0 bridgehead atoms. The molecule has 0 aliphatic carbocycles. The molecular weight excluding hydrogens is 338 g/mol. The van der Waals surface area contributed by atoms with E-state index >= 15 is 0 Å². The van der Waals surface area contributed by atoms with Crippen molar-refractivity contribution < 1.29 is 9.59 Å². The summed E-state index contributed by atoms with van der Waals surface area (Å²) in [6, 6.07) is 8.04. The molecule has 1 saturated heterocycles. The van der Waals surface area contributed by atoms with Gasteiger partial charge >= 0.3 is 0 Å². The van der Waals surface area contributed by atoms with Crippen LogP contribution in [0.15, 0.2) is 24.3 Å². The Hall–Kier alpha value is -2.48. The van der Waals surface area contributed by atoms with E-state index in [2.05, 4.69) is 15.5 Å². The Labute approximate surface area is 150 Å². The van der Waals surface area contributed by atoms with Gasteiger partial charge in [0.15, 0.2) is 0 Å². The molecule has 3 rings (SSSR count). The van der Waals surface area contributed by atoms with Crippen LogP contribution in [0.5, 0.6) is 0 Å². The van der Waals surface area contributed by atoms with Gasteiger partial charge in [-0.05, 0) is 18.9 Å². The number of benzene rings is 1. The van der Waals surface area contributed by atoms with Gasteiger partial charge in [-0.15, -0.1) is 10.2 Å². The van der Waals surface area contributed by atoms with Crippen LogP contribution in [0.3, 0.4) is 0 Å². The van der Waals surface area contributed by atoms with Crippen LogP contribution in [-0.2, 0) is 16.1 Å². The third kappa shape index (κ3) is 4.33. The van der Waals surface area contributed by atoms with E-state index in [-0.39, 0.29) is 18.4 Å². The van der Waals surface area contributed by atoms with Crippen LogP contribution in [0.4, 0.5) is 10.3 Å². The van der Waals surface area contributed by atoms with E-state index in [1.165, 1.54) is 16.9 Å². The van der Waals surface area contributed by atoms with E-state index in [1.54, 1.807) is 16.8 Å². The number of anilines is 2. The van der Waals surface area contributed by atoms with E-state index in [0.717, 1.165) is 12.0 Å². The fourth-order valence-electron chi connectivity index (χ4n) is 2.68. The van der Waals surface area contributed by atoms with E-state index in [9.17, 15) is 9.59 Å². The van der Waals surface area contributed by atoms with Crippen LogP contribution in [-0.4, -0.2) is 42.1 Å². The summed E-state index contributed by atoms with van der Waals surface area (Å²) in [5.74, 6) is -0.000689. The quantitative estimate of drug-likeness (QED) is 0.850. The average molecular weight is 359 g/mol. The number of nitrogens with zero attached hydrogens (tertiary/aromatic N) is 4. The molecule has 132 valence electrons. The van der Waals surface area contributed by atoms with Crippen LogP contribution >= 0.6 is 11.3 Å². The monoisotopic (exact) mass is 359 g/mol. The highest BCUT2D eigenvalue weighted by molar-refractivity contribution is 7.19. The number of likely N-dealkylation sites (N-methyl/N-ethyl adjacent to an activating group) is 1. The fourth-order valence-corrected chi connectivity index (χ4v) is 3.53. The van der Waals surface area contributed by atoms with E-state index in [0.29, 0.717) is 29.8 Å². The molecule has 2 aromatic rings. The van der Waals surface area contributed by atoms with Gasteiger partial charge in [-0.1, -0.05) is 41.2 Å². The molecule has 1 aromatic heterocycles. The lowest BCUT2D eigenvalue weighted by molar-refractivity contribution is -0.120. The van der Waals surface area contributed by atoms with Crippen molar-refractivity contribution in [2.45, 2.75) is 26.3 Å². The van der Waals surface area contributed by atoms with Crippen molar-refractivity contribution in [2.75, 3.05) is 29.9 Å². The topological polar surface area (TPSA) is 78.4 Å². The molecule has 7 nitrogen and oxygen atoms in total. The molecule has 8 heteroatoms. The number of hydrogen-bond donors (Lipinski definition) is 1. The van der Waals surface area contributed by atoms with Gasteiger partial charge in [0.2, 0.25) is 22.1 Å². The SMILES string of the molecule is Cc1cccc(CNC(=O)CN(C)c2nnc(N3CCCC3=O)s2)c1. The molecule has 0 unspecified atom stereocenters. The summed E-state index contributed by atoms with van der Waals surface area (Å²) in [5.41, 5.74) is 2.24. The molecule has 0 atom stereocenters. The smallest absolute Gasteiger partial charge is 0.239 e. The van der Waals surface area contributed by atoms with Crippen LogP contribution < -0.4 is 15.1 Å². The van der Waals surface area contributed by atoms with Crippen LogP contribution in [0.25, 0.3) is 0 Å². The molecule has 1 N–H and O–H groups in total. The average Bonchev–Trinajstić information content (AvgIpc) is 3.21. The number of rotatable bonds is 6. The number of aryl methyl sites for hydroxylation is 1. The third-order valence-corrected chi connectivity index (χ3v) is 5.05. The molecule has 1 aliphatic heterocycles. The van der Waals surface area contributed by atoms with Gasteiger partial charge in [0.1, 0.15) is 0 Å². The lowest BCUT2D eigenvalue weighted by Crippen LogP contribution is -2.34. The van der Waals surface area contributed by atoms with E-state index < -0.39 is 0 Å². The molecule has 2 amide bonds. The summed E-state index contributed by atoms with van der Waals surface area (Å²) in [7, 11) is 1.79. The van der Waals surface area contributed by atoms with Gasteiger partial charge in [0.25, 0.3) is 0 Å². The van der Waals surface area contributed by atoms with Crippen molar-refractivity contribution in [3.8, 4) is 0 Å². The van der Waals surface area contributed by atoms with Gasteiger partial charge in [-0.3, -0.25) is 14.5 Å². The maximum absolute atomic E-state index is 12.1. The maximum Gasteiger partial charge on any atom is 0.239 e. The summed E-state index contributed by atoms with van der Waals surface area (Å²) >= 11 is 1.33. The third-order valence-electron chi connectivity index (χ3n) is 3.99. The fraction of sp³-hybridized carbons (Fsp3) is 0.412. The number of nitrogens with one attached hydrogen (secondary N) is 1. The number of aromatic nitrogens is 2. The number of hydrogen-bond acceptors (Lipinski definition) is 6. The Morgan fingerprint density at radius 2 is 2.24 bits per heavy atom. The van der Waals surface area contributed by atoms with Crippen molar-refractivity contribution >= 4 is 33.4 Å². The molecule has 0 radical (unpaired) electrons. The normalized spacial score (nSPS) is 14.0. The molecule has 2 heterocycles. The largest absolute Gasteiger partial charge is 0.350 e. The Morgan fingerprint density at radius 3 is 2.96 bits per heavy atom. The molecular formula is C17H21N5O2S. The maximum atomic E-state index is 12.1. The standard InChI is InChI=1S/C17H21N5O2S/c1-12-5-3-6-13(9-12)10-18-14(23)11-21(2)16-19-20-17(25-16)22-8-4-7-15(22)24/h3,5-6,9H,4,7-8,10-11H2,1-2H3,(H,18,23). The first kappa shape index (κ1) is 17.3. The first-order valence-electron chi connectivity index (χ1n) is 8.20. The Morgan fingerprint density at radius 1 is 1.40 bits per heavy atom. The first-order valence-corrected chi connectivity index (χ1v) is 9.02. The molecule has 0 saturated carbocycles. The molecule has 1 aliphatic rings. The van der Waals surface area contributed by atoms with E-state index in [4.69, 9.17) is 0 Å². The van der Waals surface area contributed by atoms with Gasteiger partial charge in [0.05, 0.1) is 6.54 Å². The summed E-state index contributed by atoms with van der Waals surface area (Å²) in [5, 5.41) is 12.3. The minimum atomic E-state index is -0.0852. The Bertz CT molecular complexity index is 776. The predicted molar refractivity (Wildman–Crippen MR) is 97.8 cm³/mol. The molecule has 25 heavy (non-hydrogen) atoms. The van der Waals surface area contributed by atoms with Gasteiger partial charge in [0, 0.05) is 26.6 Å². The van der Waals surface area contributed by atoms with Gasteiger partial charge in [-0.2, -0.15) is 0 Å². The lowest BCUT2D eigenvalue weighted by Gasteiger charge is -2.15. The number of carbonyl (C=O) groups excluding carboxylic acids is 2. The highest BCUT2D eigenvalue weighted by Crippen LogP contribution is 2.29. The predicted octanol–water partition coefficient (Wildman–Crippen LogP) is 1.73. The van der Waals surface area contributed by atoms with Crippen LogP contribution in [0.1, 0.15) is 24.0 Å². The minimum Gasteiger partial charge on any atom is -0.350 e.